The second-order valence-corrected chi connectivity index (χ2v) is 7.38. The summed E-state index contributed by atoms with van der Waals surface area (Å²) in [5.41, 5.74) is 2.81. The molecule has 1 fully saturated rings. The molecular weight excluding hydrogens is 356 g/mol. The van der Waals surface area contributed by atoms with E-state index in [1.807, 2.05) is 43.0 Å². The van der Waals surface area contributed by atoms with Crippen molar-refractivity contribution in [1.82, 2.24) is 20.1 Å². The van der Waals surface area contributed by atoms with Crippen molar-refractivity contribution in [2.45, 2.75) is 46.0 Å². The topological polar surface area (TPSA) is 85.3 Å². The molecular formula is C21H24N4O3. The van der Waals surface area contributed by atoms with Crippen molar-refractivity contribution in [2.75, 3.05) is 13.1 Å². The molecule has 0 N–H and O–H groups in total. The lowest BCUT2D eigenvalue weighted by Gasteiger charge is -2.30. The van der Waals surface area contributed by atoms with Crippen LogP contribution in [-0.2, 0) is 11.2 Å². The maximum atomic E-state index is 12.8. The van der Waals surface area contributed by atoms with Crippen LogP contribution in [0.3, 0.4) is 0 Å². The maximum Gasteiger partial charge on any atom is 0.228 e. The van der Waals surface area contributed by atoms with Crippen molar-refractivity contribution >= 4 is 5.91 Å². The van der Waals surface area contributed by atoms with Crippen molar-refractivity contribution in [3.63, 3.8) is 0 Å². The number of hydrogen-bond donors (Lipinski definition) is 0. The van der Waals surface area contributed by atoms with Gasteiger partial charge in [0.1, 0.15) is 5.76 Å². The van der Waals surface area contributed by atoms with E-state index in [9.17, 15) is 4.79 Å². The molecule has 4 rings (SSSR count). The number of amides is 1. The summed E-state index contributed by atoms with van der Waals surface area (Å²) in [6, 6.07) is 8.01. The zero-order valence-electron chi connectivity index (χ0n) is 16.4. The molecule has 0 bridgehead atoms. The number of aromatic nitrogens is 3. The van der Waals surface area contributed by atoms with E-state index in [1.165, 1.54) is 5.56 Å². The molecule has 1 saturated heterocycles. The Morgan fingerprint density at radius 2 is 1.79 bits per heavy atom. The van der Waals surface area contributed by atoms with Gasteiger partial charge in [-0.2, -0.15) is 0 Å². The van der Waals surface area contributed by atoms with E-state index in [-0.39, 0.29) is 18.2 Å². The highest BCUT2D eigenvalue weighted by Gasteiger charge is 2.28. The first-order valence-electron chi connectivity index (χ1n) is 9.60. The van der Waals surface area contributed by atoms with Gasteiger partial charge in [-0.05, 0) is 38.8 Å². The van der Waals surface area contributed by atoms with E-state index in [2.05, 4.69) is 15.2 Å². The summed E-state index contributed by atoms with van der Waals surface area (Å²) >= 11 is 0. The highest BCUT2D eigenvalue weighted by Crippen LogP contribution is 2.28. The Balaban J connectivity index is 1.38. The molecule has 1 aromatic carbocycles. The Labute approximate surface area is 163 Å². The molecule has 0 spiro atoms. The molecule has 0 unspecified atom stereocenters. The van der Waals surface area contributed by atoms with Crippen molar-refractivity contribution < 1.29 is 13.6 Å². The Morgan fingerprint density at radius 1 is 1.07 bits per heavy atom. The van der Waals surface area contributed by atoms with Gasteiger partial charge >= 0.3 is 0 Å². The summed E-state index contributed by atoms with van der Waals surface area (Å²) in [6.07, 6.45) is 1.92. The molecule has 0 saturated carbocycles. The number of carbonyl (C=O) groups excluding carboxylic acids is 1. The Bertz CT molecular complexity index is 966. The summed E-state index contributed by atoms with van der Waals surface area (Å²) in [4.78, 5) is 19.2. The molecule has 28 heavy (non-hydrogen) atoms. The number of piperidine rings is 1. The highest BCUT2D eigenvalue weighted by atomic mass is 16.4. The van der Waals surface area contributed by atoms with Crippen LogP contribution in [0.2, 0.25) is 0 Å². The molecule has 0 radical (unpaired) electrons. The van der Waals surface area contributed by atoms with E-state index in [0.717, 1.165) is 18.4 Å². The van der Waals surface area contributed by atoms with Gasteiger partial charge in [0.05, 0.1) is 12.1 Å². The number of oxazole rings is 1. The number of rotatable bonds is 4. The van der Waals surface area contributed by atoms with Gasteiger partial charge in [-0.3, -0.25) is 4.79 Å². The fourth-order valence-electron chi connectivity index (χ4n) is 3.52. The van der Waals surface area contributed by atoms with Gasteiger partial charge in [0.2, 0.25) is 23.6 Å². The molecule has 146 valence electrons. The lowest BCUT2D eigenvalue weighted by Crippen LogP contribution is -2.39. The zero-order valence-corrected chi connectivity index (χ0v) is 16.4. The second-order valence-electron chi connectivity index (χ2n) is 7.38. The summed E-state index contributed by atoms with van der Waals surface area (Å²) in [7, 11) is 0. The van der Waals surface area contributed by atoms with Crippen LogP contribution in [0.1, 0.15) is 47.6 Å². The Morgan fingerprint density at radius 3 is 2.43 bits per heavy atom. The van der Waals surface area contributed by atoms with E-state index in [4.69, 9.17) is 8.83 Å². The van der Waals surface area contributed by atoms with Gasteiger partial charge in [-0.1, -0.05) is 17.7 Å². The molecule has 2 aromatic heterocycles. The van der Waals surface area contributed by atoms with Gasteiger partial charge < -0.3 is 13.7 Å². The van der Waals surface area contributed by atoms with Crippen molar-refractivity contribution in [2.24, 2.45) is 0 Å². The van der Waals surface area contributed by atoms with Crippen molar-refractivity contribution in [1.29, 1.82) is 0 Å². The van der Waals surface area contributed by atoms with Gasteiger partial charge in [-0.25, -0.2) is 4.98 Å². The molecule has 1 aliphatic heterocycles. The van der Waals surface area contributed by atoms with Gasteiger partial charge in [0.25, 0.3) is 0 Å². The molecule has 3 heterocycles. The molecule has 7 heteroatoms. The lowest BCUT2D eigenvalue weighted by atomic mass is 9.96. The monoisotopic (exact) mass is 380 g/mol. The smallest absolute Gasteiger partial charge is 0.228 e. The Hall–Kier alpha value is -2.96. The number of likely N-dealkylation sites (tertiary alicyclic amines) is 1. The number of aryl methyl sites for hydroxylation is 3. The van der Waals surface area contributed by atoms with E-state index in [1.54, 1.807) is 6.92 Å². The standard InChI is InChI=1S/C21H24N4O3/c1-13-4-6-16(7-5-13)20-22-18(14(2)27-20)12-19(26)25-10-8-17(9-11-25)21-24-23-15(3)28-21/h4-7,17H,8-12H2,1-3H3. The normalized spacial score (nSPS) is 15.2. The Kier molecular flexibility index (Phi) is 4.98. The fourth-order valence-corrected chi connectivity index (χ4v) is 3.52. The molecule has 0 aliphatic carbocycles. The minimum Gasteiger partial charge on any atom is -0.441 e. The first-order chi connectivity index (χ1) is 13.5. The number of benzene rings is 1. The minimum atomic E-state index is 0.0759. The van der Waals surface area contributed by atoms with Crippen LogP contribution in [0.4, 0.5) is 0 Å². The SMILES string of the molecule is Cc1ccc(-c2nc(CC(=O)N3CCC(c4nnc(C)o4)CC3)c(C)o2)cc1. The van der Waals surface area contributed by atoms with Crippen molar-refractivity contribution in [3.05, 3.63) is 53.1 Å². The van der Waals surface area contributed by atoms with Crippen LogP contribution in [-0.4, -0.2) is 39.1 Å². The van der Waals surface area contributed by atoms with E-state index >= 15 is 0 Å². The average Bonchev–Trinajstić information content (AvgIpc) is 3.28. The van der Waals surface area contributed by atoms with Crippen molar-refractivity contribution in [3.8, 4) is 11.5 Å². The average molecular weight is 380 g/mol. The quantitative estimate of drug-likeness (QED) is 0.687. The summed E-state index contributed by atoms with van der Waals surface area (Å²) in [6.45, 7) is 7.06. The minimum absolute atomic E-state index is 0.0759. The van der Waals surface area contributed by atoms with Gasteiger partial charge in [0, 0.05) is 31.5 Å². The largest absolute Gasteiger partial charge is 0.441 e. The van der Waals surface area contributed by atoms with E-state index in [0.29, 0.717) is 42.2 Å². The first kappa shape index (κ1) is 18.4. The van der Waals surface area contributed by atoms with Crippen LogP contribution in [0.25, 0.3) is 11.5 Å². The third-order valence-electron chi connectivity index (χ3n) is 5.25. The molecule has 1 amide bonds. The maximum absolute atomic E-state index is 12.8. The lowest BCUT2D eigenvalue weighted by molar-refractivity contribution is -0.131. The summed E-state index contributed by atoms with van der Waals surface area (Å²) in [5, 5.41) is 8.01. The van der Waals surface area contributed by atoms with E-state index < -0.39 is 0 Å². The van der Waals surface area contributed by atoms with Crippen LogP contribution in [0, 0.1) is 20.8 Å². The predicted octanol–water partition coefficient (Wildman–Crippen LogP) is 3.60. The fraction of sp³-hybridized carbons (Fsp3) is 0.429. The number of carbonyl (C=O) groups is 1. The summed E-state index contributed by atoms with van der Waals surface area (Å²) < 4.78 is 11.3. The second kappa shape index (κ2) is 7.58. The molecule has 1 aliphatic rings. The molecule has 7 nitrogen and oxygen atoms in total. The molecule has 0 atom stereocenters. The summed E-state index contributed by atoms with van der Waals surface area (Å²) in [5.74, 6) is 2.82. The van der Waals surface area contributed by atoms with Gasteiger partial charge in [0.15, 0.2) is 0 Å². The zero-order chi connectivity index (χ0) is 19.7. The molecule has 3 aromatic rings. The van der Waals surface area contributed by atoms with Gasteiger partial charge in [-0.15, -0.1) is 10.2 Å². The highest BCUT2D eigenvalue weighted by molar-refractivity contribution is 5.78. The first-order valence-corrected chi connectivity index (χ1v) is 9.60. The number of nitrogens with zero attached hydrogens (tertiary/aromatic N) is 4. The van der Waals surface area contributed by atoms with Crippen LogP contribution in [0.5, 0.6) is 0 Å². The van der Waals surface area contributed by atoms with Crippen LogP contribution < -0.4 is 0 Å². The predicted molar refractivity (Wildman–Crippen MR) is 103 cm³/mol. The van der Waals surface area contributed by atoms with Crippen LogP contribution in [0.15, 0.2) is 33.1 Å². The van der Waals surface area contributed by atoms with Crippen LogP contribution >= 0.6 is 0 Å². The third kappa shape index (κ3) is 3.83. The number of hydrogen-bond acceptors (Lipinski definition) is 6. The third-order valence-corrected chi connectivity index (χ3v) is 5.25.